The van der Waals surface area contributed by atoms with Gasteiger partial charge in [-0.1, -0.05) is 26.0 Å². The molecule has 0 bridgehead atoms. The van der Waals surface area contributed by atoms with Crippen LogP contribution < -0.4 is 5.32 Å². The molecule has 0 aliphatic carbocycles. The molecular weight excluding hydrogens is 313 g/mol. The number of rotatable bonds is 6. The van der Waals surface area contributed by atoms with Crippen LogP contribution in [0.4, 0.5) is 0 Å². The normalized spacial score (nSPS) is 13.1. The molecular formula is C13H20INO. The molecule has 0 aromatic heterocycles. The van der Waals surface area contributed by atoms with Gasteiger partial charge in [0.2, 0.25) is 0 Å². The van der Waals surface area contributed by atoms with Gasteiger partial charge in [-0.3, -0.25) is 0 Å². The Labute approximate surface area is 112 Å². The monoisotopic (exact) mass is 333 g/mol. The third-order valence-electron chi connectivity index (χ3n) is 2.48. The zero-order valence-corrected chi connectivity index (χ0v) is 12.1. The van der Waals surface area contributed by atoms with Crippen LogP contribution in [0.25, 0.3) is 0 Å². The molecule has 1 aromatic rings. The first-order valence-electron chi connectivity index (χ1n) is 5.70. The lowest BCUT2D eigenvalue weighted by molar-refractivity contribution is 0.223. The highest BCUT2D eigenvalue weighted by Crippen LogP contribution is 2.08. The standard InChI is InChI=1S/C13H20INO/c1-10(2)7-13(9-16)15-8-11-3-5-12(14)6-4-11/h3-6,10,13,15-16H,7-9H2,1-2H3. The third-order valence-corrected chi connectivity index (χ3v) is 3.20. The van der Waals surface area contributed by atoms with E-state index in [2.05, 4.69) is 66.0 Å². The molecule has 0 saturated carbocycles. The summed E-state index contributed by atoms with van der Waals surface area (Å²) in [4.78, 5) is 0. The van der Waals surface area contributed by atoms with E-state index in [1.54, 1.807) is 0 Å². The number of aliphatic hydroxyl groups is 1. The zero-order chi connectivity index (χ0) is 12.0. The molecule has 1 unspecified atom stereocenters. The topological polar surface area (TPSA) is 32.3 Å². The fourth-order valence-electron chi connectivity index (χ4n) is 1.66. The number of hydrogen-bond acceptors (Lipinski definition) is 2. The predicted molar refractivity (Wildman–Crippen MR) is 76.3 cm³/mol. The zero-order valence-electron chi connectivity index (χ0n) is 9.91. The van der Waals surface area contributed by atoms with Gasteiger partial charge in [-0.25, -0.2) is 0 Å². The van der Waals surface area contributed by atoms with Crippen molar-refractivity contribution in [2.45, 2.75) is 32.9 Å². The molecule has 0 spiro atoms. The van der Waals surface area contributed by atoms with Crippen molar-refractivity contribution in [1.29, 1.82) is 0 Å². The van der Waals surface area contributed by atoms with Crippen molar-refractivity contribution >= 4 is 22.6 Å². The van der Waals surface area contributed by atoms with E-state index >= 15 is 0 Å². The van der Waals surface area contributed by atoms with Crippen LogP contribution in [0.5, 0.6) is 0 Å². The summed E-state index contributed by atoms with van der Waals surface area (Å²) in [6.07, 6.45) is 1.01. The highest BCUT2D eigenvalue weighted by Gasteiger charge is 2.08. The van der Waals surface area contributed by atoms with Gasteiger partial charge in [0.25, 0.3) is 0 Å². The first-order valence-corrected chi connectivity index (χ1v) is 6.78. The Hall–Kier alpha value is -0.130. The number of benzene rings is 1. The first-order chi connectivity index (χ1) is 7.61. The first kappa shape index (κ1) is 13.9. The second kappa shape index (κ2) is 7.25. The van der Waals surface area contributed by atoms with Gasteiger partial charge in [-0.05, 0) is 52.6 Å². The van der Waals surface area contributed by atoms with Crippen molar-refractivity contribution < 1.29 is 5.11 Å². The summed E-state index contributed by atoms with van der Waals surface area (Å²) in [7, 11) is 0. The summed E-state index contributed by atoms with van der Waals surface area (Å²) >= 11 is 2.30. The van der Waals surface area contributed by atoms with E-state index < -0.39 is 0 Å². The maximum Gasteiger partial charge on any atom is 0.0584 e. The molecule has 2 N–H and O–H groups in total. The molecule has 2 nitrogen and oxygen atoms in total. The minimum atomic E-state index is 0.208. The van der Waals surface area contributed by atoms with Crippen LogP contribution in [-0.4, -0.2) is 17.8 Å². The number of halogens is 1. The van der Waals surface area contributed by atoms with Crippen LogP contribution in [0.3, 0.4) is 0 Å². The molecule has 1 aromatic carbocycles. The van der Waals surface area contributed by atoms with Crippen LogP contribution in [0.1, 0.15) is 25.8 Å². The molecule has 0 radical (unpaired) electrons. The van der Waals surface area contributed by atoms with Crippen molar-refractivity contribution in [2.75, 3.05) is 6.61 Å². The highest BCUT2D eigenvalue weighted by molar-refractivity contribution is 14.1. The average molecular weight is 333 g/mol. The molecule has 0 saturated heterocycles. The van der Waals surface area contributed by atoms with E-state index in [1.807, 2.05) is 0 Å². The van der Waals surface area contributed by atoms with Crippen LogP contribution in [-0.2, 0) is 6.54 Å². The van der Waals surface area contributed by atoms with Gasteiger partial charge in [0.15, 0.2) is 0 Å². The average Bonchev–Trinajstić information content (AvgIpc) is 2.26. The largest absolute Gasteiger partial charge is 0.395 e. The van der Waals surface area contributed by atoms with Crippen molar-refractivity contribution in [3.8, 4) is 0 Å². The fourth-order valence-corrected chi connectivity index (χ4v) is 2.02. The van der Waals surface area contributed by atoms with Gasteiger partial charge in [-0.15, -0.1) is 0 Å². The Morgan fingerprint density at radius 3 is 2.38 bits per heavy atom. The lowest BCUT2D eigenvalue weighted by Gasteiger charge is -2.18. The Morgan fingerprint density at radius 1 is 1.25 bits per heavy atom. The van der Waals surface area contributed by atoms with E-state index in [9.17, 15) is 5.11 Å². The summed E-state index contributed by atoms with van der Waals surface area (Å²) in [5.74, 6) is 0.612. The van der Waals surface area contributed by atoms with E-state index in [0.717, 1.165) is 13.0 Å². The van der Waals surface area contributed by atoms with Crippen molar-refractivity contribution in [2.24, 2.45) is 5.92 Å². The van der Waals surface area contributed by atoms with Gasteiger partial charge in [0.1, 0.15) is 0 Å². The van der Waals surface area contributed by atoms with E-state index in [0.29, 0.717) is 5.92 Å². The molecule has 0 heterocycles. The van der Waals surface area contributed by atoms with E-state index in [1.165, 1.54) is 9.13 Å². The third kappa shape index (κ3) is 5.27. The van der Waals surface area contributed by atoms with Gasteiger partial charge in [0.05, 0.1) is 6.61 Å². The molecule has 1 rings (SSSR count). The minimum absolute atomic E-state index is 0.208. The van der Waals surface area contributed by atoms with Crippen LogP contribution in [0.2, 0.25) is 0 Å². The summed E-state index contributed by atoms with van der Waals surface area (Å²) in [5.41, 5.74) is 1.27. The summed E-state index contributed by atoms with van der Waals surface area (Å²) in [6, 6.07) is 8.67. The Kier molecular flexibility index (Phi) is 6.31. The van der Waals surface area contributed by atoms with Crippen LogP contribution in [0.15, 0.2) is 24.3 Å². The molecule has 0 amide bonds. The summed E-state index contributed by atoms with van der Waals surface area (Å²) < 4.78 is 1.25. The van der Waals surface area contributed by atoms with Crippen LogP contribution >= 0.6 is 22.6 Å². The lowest BCUT2D eigenvalue weighted by atomic mass is 10.0. The second-order valence-electron chi connectivity index (χ2n) is 4.52. The van der Waals surface area contributed by atoms with E-state index in [-0.39, 0.29) is 12.6 Å². The predicted octanol–water partition coefficient (Wildman–Crippen LogP) is 2.79. The maximum atomic E-state index is 9.23. The van der Waals surface area contributed by atoms with Crippen molar-refractivity contribution in [3.05, 3.63) is 33.4 Å². The number of nitrogens with one attached hydrogen (secondary N) is 1. The quantitative estimate of drug-likeness (QED) is 0.785. The second-order valence-corrected chi connectivity index (χ2v) is 5.76. The maximum absolute atomic E-state index is 9.23. The summed E-state index contributed by atoms with van der Waals surface area (Å²) in [6.45, 7) is 5.39. The smallest absolute Gasteiger partial charge is 0.0584 e. The molecule has 0 aliphatic heterocycles. The number of hydrogen-bond donors (Lipinski definition) is 2. The van der Waals surface area contributed by atoms with E-state index in [4.69, 9.17) is 0 Å². The fraction of sp³-hybridized carbons (Fsp3) is 0.538. The highest BCUT2D eigenvalue weighted by atomic mass is 127. The van der Waals surface area contributed by atoms with Crippen molar-refractivity contribution in [1.82, 2.24) is 5.32 Å². The molecule has 0 fully saturated rings. The lowest BCUT2D eigenvalue weighted by Crippen LogP contribution is -2.33. The Bertz CT molecular complexity index is 297. The number of aliphatic hydroxyl groups excluding tert-OH is 1. The summed E-state index contributed by atoms with van der Waals surface area (Å²) in [5, 5.41) is 12.6. The van der Waals surface area contributed by atoms with Gasteiger partial charge in [0, 0.05) is 16.2 Å². The molecule has 3 heteroatoms. The SMILES string of the molecule is CC(C)CC(CO)NCc1ccc(I)cc1. The van der Waals surface area contributed by atoms with Crippen molar-refractivity contribution in [3.63, 3.8) is 0 Å². The van der Waals surface area contributed by atoms with Crippen LogP contribution in [0, 0.1) is 9.49 Å². The Balaban J connectivity index is 2.40. The Morgan fingerprint density at radius 2 is 1.88 bits per heavy atom. The molecule has 0 aliphatic rings. The van der Waals surface area contributed by atoms with Gasteiger partial charge in [-0.2, -0.15) is 0 Å². The van der Waals surface area contributed by atoms with Gasteiger partial charge < -0.3 is 10.4 Å². The molecule has 90 valence electrons. The van der Waals surface area contributed by atoms with Gasteiger partial charge >= 0.3 is 0 Å². The molecule has 16 heavy (non-hydrogen) atoms. The minimum Gasteiger partial charge on any atom is -0.395 e. The molecule has 1 atom stereocenters.